The van der Waals surface area contributed by atoms with Gasteiger partial charge in [0.1, 0.15) is 6.61 Å². The maximum absolute atomic E-state index is 12.9. The van der Waals surface area contributed by atoms with Crippen LogP contribution in [0.5, 0.6) is 0 Å². The Kier molecular flexibility index (Phi) is 8.49. The molecule has 2 amide bonds. The lowest BCUT2D eigenvalue weighted by Gasteiger charge is -2.35. The molecular weight excluding hydrogens is 476 g/mol. The molecule has 0 spiro atoms. The van der Waals surface area contributed by atoms with Gasteiger partial charge >= 0.3 is 12.0 Å². The predicted octanol–water partition coefficient (Wildman–Crippen LogP) is 4.62. The number of hydrogen-bond donors (Lipinski definition) is 3. The van der Waals surface area contributed by atoms with Gasteiger partial charge in [0.15, 0.2) is 5.11 Å². The highest BCUT2D eigenvalue weighted by atomic mass is 35.5. The quantitative estimate of drug-likeness (QED) is 0.289. The Bertz CT molecular complexity index is 1140. The van der Waals surface area contributed by atoms with Crippen molar-refractivity contribution in [2.24, 2.45) is 0 Å². The zero-order valence-corrected chi connectivity index (χ0v) is 21.0. The van der Waals surface area contributed by atoms with E-state index in [1.165, 1.54) is 7.11 Å². The molecule has 1 unspecified atom stereocenters. The maximum Gasteiger partial charge on any atom is 0.338 e. The fraction of sp³-hybridized carbons (Fsp3) is 0.292. The second-order valence-corrected chi connectivity index (χ2v) is 8.53. The summed E-state index contributed by atoms with van der Waals surface area (Å²) in [6.45, 7) is 4.14. The average molecular weight is 503 g/mol. The van der Waals surface area contributed by atoms with E-state index in [2.05, 4.69) is 16.0 Å². The van der Waals surface area contributed by atoms with Gasteiger partial charge in [-0.15, -0.1) is 0 Å². The molecule has 34 heavy (non-hydrogen) atoms. The van der Waals surface area contributed by atoms with Gasteiger partial charge < -0.3 is 30.3 Å². The number of benzene rings is 2. The van der Waals surface area contributed by atoms with Crippen molar-refractivity contribution >= 4 is 52.3 Å². The van der Waals surface area contributed by atoms with Gasteiger partial charge in [-0.3, -0.25) is 0 Å². The Morgan fingerprint density at radius 3 is 2.50 bits per heavy atom. The number of halogens is 1. The molecule has 1 atom stereocenters. The van der Waals surface area contributed by atoms with E-state index in [1.807, 2.05) is 26.0 Å². The number of nitrogens with zero attached hydrogens (tertiary/aromatic N) is 1. The molecule has 8 nitrogen and oxygen atoms in total. The van der Waals surface area contributed by atoms with Crippen molar-refractivity contribution in [2.75, 3.05) is 38.0 Å². The van der Waals surface area contributed by atoms with Crippen LogP contribution in [0.3, 0.4) is 0 Å². The number of amides is 2. The van der Waals surface area contributed by atoms with Crippen LogP contribution in [0.15, 0.2) is 53.7 Å². The molecule has 1 aliphatic heterocycles. The van der Waals surface area contributed by atoms with Crippen molar-refractivity contribution in [3.8, 4) is 0 Å². The summed E-state index contributed by atoms with van der Waals surface area (Å²) in [6, 6.07) is 11.5. The van der Waals surface area contributed by atoms with Crippen molar-refractivity contribution < 1.29 is 19.1 Å². The van der Waals surface area contributed by atoms with E-state index in [4.69, 9.17) is 33.3 Å². The highest BCUT2D eigenvalue weighted by Gasteiger charge is 2.33. The molecule has 0 bridgehead atoms. The normalized spacial score (nSPS) is 15.6. The fourth-order valence-corrected chi connectivity index (χ4v) is 3.84. The lowest BCUT2D eigenvalue weighted by molar-refractivity contribution is -0.140. The van der Waals surface area contributed by atoms with E-state index in [1.54, 1.807) is 42.3 Å². The average Bonchev–Trinajstić information content (AvgIpc) is 2.80. The van der Waals surface area contributed by atoms with Crippen LogP contribution in [0.2, 0.25) is 5.02 Å². The number of ether oxygens (including phenoxy) is 2. The van der Waals surface area contributed by atoms with Gasteiger partial charge in [0.2, 0.25) is 0 Å². The zero-order chi connectivity index (χ0) is 24.8. The molecule has 0 aromatic heterocycles. The van der Waals surface area contributed by atoms with Gasteiger partial charge in [-0.1, -0.05) is 29.8 Å². The number of methoxy groups -OCH3 is 1. The van der Waals surface area contributed by atoms with Crippen LogP contribution in [-0.4, -0.2) is 49.4 Å². The van der Waals surface area contributed by atoms with Crippen molar-refractivity contribution in [3.63, 3.8) is 0 Å². The molecule has 2 aromatic rings. The van der Waals surface area contributed by atoms with Gasteiger partial charge in [-0.25, -0.2) is 9.59 Å². The van der Waals surface area contributed by atoms with Crippen LogP contribution >= 0.6 is 23.8 Å². The van der Waals surface area contributed by atoms with Crippen LogP contribution in [0.4, 0.5) is 16.2 Å². The van der Waals surface area contributed by atoms with E-state index in [0.29, 0.717) is 39.4 Å². The third kappa shape index (κ3) is 6.05. The number of rotatable bonds is 7. The van der Waals surface area contributed by atoms with Crippen LogP contribution in [0.25, 0.3) is 0 Å². The minimum atomic E-state index is -0.542. The molecule has 0 radical (unpaired) electrons. The number of carbonyl (C=O) groups is 2. The van der Waals surface area contributed by atoms with Gasteiger partial charge in [0, 0.05) is 36.3 Å². The Balaban J connectivity index is 1.81. The minimum absolute atomic E-state index is 0.137. The SMILES string of the molecule is COCCOC(=O)C1=C(C)N(C)C(=S)NC1c1cccc(NC(=O)Nc2ccc(C)c(Cl)c2)c1. The van der Waals surface area contributed by atoms with Crippen LogP contribution < -0.4 is 16.0 Å². The molecule has 0 saturated heterocycles. The molecule has 2 aromatic carbocycles. The molecule has 3 N–H and O–H groups in total. The smallest absolute Gasteiger partial charge is 0.338 e. The summed E-state index contributed by atoms with van der Waals surface area (Å²) < 4.78 is 10.4. The molecule has 1 heterocycles. The second kappa shape index (κ2) is 11.3. The third-order valence-corrected chi connectivity index (χ3v) is 6.20. The largest absolute Gasteiger partial charge is 0.460 e. The standard InChI is InChI=1S/C24H27ClN4O4S/c1-14-8-9-18(13-19(14)25)27-23(31)26-17-7-5-6-16(12-17)21-20(22(30)33-11-10-32-4)15(2)29(3)24(34)28-21/h5-9,12-13,21H,10-11H2,1-4H3,(H,28,34)(H2,26,27,31). The van der Waals surface area contributed by atoms with Crippen molar-refractivity contribution in [1.82, 2.24) is 10.2 Å². The molecule has 180 valence electrons. The van der Waals surface area contributed by atoms with Crippen molar-refractivity contribution in [3.05, 3.63) is 69.9 Å². The topological polar surface area (TPSA) is 91.9 Å². The molecule has 10 heteroatoms. The summed E-state index contributed by atoms with van der Waals surface area (Å²) in [5, 5.41) is 9.80. The summed E-state index contributed by atoms with van der Waals surface area (Å²) in [5.41, 5.74) is 3.90. The molecular formula is C24H27ClN4O4S. The first-order valence-corrected chi connectivity index (χ1v) is 11.3. The van der Waals surface area contributed by atoms with E-state index >= 15 is 0 Å². The Morgan fingerprint density at radius 2 is 1.82 bits per heavy atom. The summed E-state index contributed by atoms with van der Waals surface area (Å²) in [4.78, 5) is 27.2. The number of urea groups is 1. The first-order valence-electron chi connectivity index (χ1n) is 10.6. The van der Waals surface area contributed by atoms with Crippen molar-refractivity contribution in [2.45, 2.75) is 19.9 Å². The number of carbonyl (C=O) groups excluding carboxylic acids is 2. The van der Waals surface area contributed by atoms with Crippen LogP contribution in [-0.2, 0) is 14.3 Å². The Labute approximate surface area is 209 Å². The first-order chi connectivity index (χ1) is 16.2. The molecule has 3 rings (SSSR count). The van der Waals surface area contributed by atoms with E-state index in [9.17, 15) is 9.59 Å². The van der Waals surface area contributed by atoms with Gasteiger partial charge in [-0.2, -0.15) is 0 Å². The number of nitrogens with one attached hydrogen (secondary N) is 3. The lowest BCUT2D eigenvalue weighted by atomic mass is 9.95. The van der Waals surface area contributed by atoms with Gasteiger partial charge in [0.05, 0.1) is 18.2 Å². The van der Waals surface area contributed by atoms with E-state index in [-0.39, 0.29) is 6.61 Å². The zero-order valence-electron chi connectivity index (χ0n) is 19.4. The fourth-order valence-electron chi connectivity index (χ4n) is 3.41. The second-order valence-electron chi connectivity index (χ2n) is 7.74. The van der Waals surface area contributed by atoms with Crippen molar-refractivity contribution in [1.29, 1.82) is 0 Å². The highest BCUT2D eigenvalue weighted by molar-refractivity contribution is 7.80. The number of aryl methyl sites for hydroxylation is 1. The van der Waals surface area contributed by atoms with E-state index < -0.39 is 18.0 Å². The van der Waals surface area contributed by atoms with Crippen LogP contribution in [0, 0.1) is 6.92 Å². The van der Waals surface area contributed by atoms with Gasteiger partial charge in [0.25, 0.3) is 0 Å². The summed E-state index contributed by atoms with van der Waals surface area (Å²) in [5.74, 6) is -0.464. The summed E-state index contributed by atoms with van der Waals surface area (Å²) >= 11 is 11.6. The molecule has 0 aliphatic carbocycles. The third-order valence-electron chi connectivity index (χ3n) is 5.40. The van der Waals surface area contributed by atoms with E-state index in [0.717, 1.165) is 11.1 Å². The van der Waals surface area contributed by atoms with Crippen LogP contribution in [0.1, 0.15) is 24.1 Å². The summed E-state index contributed by atoms with van der Waals surface area (Å²) in [6.07, 6.45) is 0. The monoisotopic (exact) mass is 502 g/mol. The lowest BCUT2D eigenvalue weighted by Crippen LogP contribution is -2.46. The molecule has 0 saturated carbocycles. The Hall–Kier alpha value is -3.14. The highest BCUT2D eigenvalue weighted by Crippen LogP contribution is 2.32. The number of anilines is 2. The first kappa shape index (κ1) is 25.5. The number of hydrogen-bond acceptors (Lipinski definition) is 5. The molecule has 0 fully saturated rings. The number of esters is 1. The number of allylic oxidation sites excluding steroid dienone is 1. The van der Waals surface area contributed by atoms with Gasteiger partial charge in [-0.05, 0) is 61.5 Å². The predicted molar refractivity (Wildman–Crippen MR) is 137 cm³/mol. The Morgan fingerprint density at radius 1 is 1.12 bits per heavy atom. The molecule has 1 aliphatic rings. The number of thiocarbonyl (C=S) groups is 1. The summed E-state index contributed by atoms with van der Waals surface area (Å²) in [7, 11) is 3.32. The maximum atomic E-state index is 12.9. The minimum Gasteiger partial charge on any atom is -0.460 e.